The maximum absolute atomic E-state index is 12.8. The minimum Gasteiger partial charge on any atom is -0.387 e. The number of hydrogen-bond acceptors (Lipinski definition) is 6. The zero-order chi connectivity index (χ0) is 35.3. The molecule has 0 unspecified atom stereocenters. The van der Waals surface area contributed by atoms with Crippen molar-refractivity contribution in [3.63, 3.8) is 0 Å². The molecule has 2 heterocycles. The van der Waals surface area contributed by atoms with Crippen LogP contribution in [0.3, 0.4) is 0 Å². The van der Waals surface area contributed by atoms with Gasteiger partial charge in [-0.05, 0) is 79.8 Å². The number of carbonyl (C=O) groups is 2. The summed E-state index contributed by atoms with van der Waals surface area (Å²) in [4.78, 5) is 29.8. The molecule has 9 nitrogen and oxygen atoms in total. The molecule has 0 spiro atoms. The van der Waals surface area contributed by atoms with Crippen LogP contribution in [0.5, 0.6) is 0 Å². The summed E-state index contributed by atoms with van der Waals surface area (Å²) in [5.74, 6) is 0.602. The molecular formula is C41H47N5O4. The Kier molecular flexibility index (Phi) is 13.1. The van der Waals surface area contributed by atoms with Gasteiger partial charge in [0.1, 0.15) is 5.82 Å². The lowest BCUT2D eigenvalue weighted by Crippen LogP contribution is -2.32. The zero-order valence-electron chi connectivity index (χ0n) is 29.1. The molecule has 0 aliphatic heterocycles. The number of hydrogen-bond donors (Lipinski definition) is 4. The number of nitrogens with zero attached hydrogens (tertiary/aromatic N) is 2. The molecule has 2 atom stereocenters. The quantitative estimate of drug-likeness (QED) is 0.0963. The first-order valence-electron chi connectivity index (χ1n) is 17.1. The van der Waals surface area contributed by atoms with E-state index in [0.29, 0.717) is 38.4 Å². The van der Waals surface area contributed by atoms with Crippen molar-refractivity contribution < 1.29 is 19.4 Å². The van der Waals surface area contributed by atoms with Gasteiger partial charge in [0.15, 0.2) is 0 Å². The molecule has 5 rings (SSSR count). The van der Waals surface area contributed by atoms with Crippen molar-refractivity contribution in [1.29, 1.82) is 0 Å². The summed E-state index contributed by atoms with van der Waals surface area (Å²) in [5, 5.41) is 20.1. The van der Waals surface area contributed by atoms with Crippen LogP contribution in [-0.2, 0) is 35.5 Å². The fourth-order valence-corrected chi connectivity index (χ4v) is 5.81. The van der Waals surface area contributed by atoms with Crippen molar-refractivity contribution in [2.24, 2.45) is 0 Å². The molecule has 0 aliphatic carbocycles. The zero-order valence-corrected chi connectivity index (χ0v) is 29.1. The van der Waals surface area contributed by atoms with E-state index >= 15 is 0 Å². The lowest BCUT2D eigenvalue weighted by molar-refractivity contribution is -0.120. The molecule has 4 N–H and O–H groups in total. The minimum atomic E-state index is -0.676. The van der Waals surface area contributed by atoms with Gasteiger partial charge in [-0.15, -0.1) is 0 Å². The third-order valence-corrected chi connectivity index (χ3v) is 8.56. The molecule has 0 radical (unpaired) electrons. The van der Waals surface area contributed by atoms with Gasteiger partial charge >= 0.3 is 0 Å². The summed E-state index contributed by atoms with van der Waals surface area (Å²) < 4.78 is 7.71. The molecule has 0 fully saturated rings. The van der Waals surface area contributed by atoms with Gasteiger partial charge in [0.2, 0.25) is 5.91 Å². The number of aryl methyl sites for hydroxylation is 2. The first kappa shape index (κ1) is 36.2. The highest BCUT2D eigenvalue weighted by Gasteiger charge is 2.13. The second-order valence-electron chi connectivity index (χ2n) is 12.7. The number of carbonyl (C=O) groups excluding carboxylic acids is 2. The summed E-state index contributed by atoms with van der Waals surface area (Å²) >= 11 is 0. The van der Waals surface area contributed by atoms with Gasteiger partial charge < -0.3 is 30.4 Å². The normalized spacial score (nSPS) is 12.3. The van der Waals surface area contributed by atoms with E-state index in [9.17, 15) is 14.7 Å². The summed E-state index contributed by atoms with van der Waals surface area (Å²) in [5.41, 5.74) is 7.62. The first-order valence-corrected chi connectivity index (χ1v) is 17.1. The number of amides is 2. The lowest BCUT2D eigenvalue weighted by atomic mass is 10.0. The lowest BCUT2D eigenvalue weighted by Gasteiger charge is -2.18. The van der Waals surface area contributed by atoms with Crippen molar-refractivity contribution in [3.05, 3.63) is 154 Å². The highest BCUT2D eigenvalue weighted by molar-refractivity contribution is 5.94. The maximum atomic E-state index is 12.8. The molecule has 0 aliphatic rings. The third-order valence-electron chi connectivity index (χ3n) is 8.56. The SMILES string of the molecule is Cc1ccc(C)n1-c1ccc([C@H](O)CN[C@H](C)Cc2cccc(CC(=O)NCc3ccc(C(=O)NCCOCc4ccccc4)cc3)c2)cn1. The smallest absolute Gasteiger partial charge is 0.251 e. The number of nitrogens with one attached hydrogen (secondary N) is 3. The van der Waals surface area contributed by atoms with E-state index in [4.69, 9.17) is 4.74 Å². The number of ether oxygens (including phenoxy) is 1. The molecular weight excluding hydrogens is 626 g/mol. The fourth-order valence-electron chi connectivity index (χ4n) is 5.81. The maximum Gasteiger partial charge on any atom is 0.251 e. The number of aromatic nitrogens is 2. The van der Waals surface area contributed by atoms with Crippen molar-refractivity contribution in [2.75, 3.05) is 19.7 Å². The number of benzene rings is 3. The van der Waals surface area contributed by atoms with Gasteiger partial charge in [0.05, 0.1) is 25.7 Å². The standard InChI is InChI=1S/C41H47N5O4/c1-29(43-27-38(47)37-18-19-39(44-26-37)46-30(2)12-13-31(46)3)22-34-10-7-11-35(23-34)24-40(48)45-25-32-14-16-36(17-15-32)41(49)42-20-21-50-28-33-8-5-4-6-9-33/h4-19,23,26,29,38,43,47H,20-22,24-25,27-28H2,1-3H3,(H,42,49)(H,45,48)/t29-,38-/m1/s1. The Morgan fingerprint density at radius 3 is 2.26 bits per heavy atom. The molecule has 2 amide bonds. The average Bonchev–Trinajstić information content (AvgIpc) is 3.47. The highest BCUT2D eigenvalue weighted by atomic mass is 16.5. The van der Waals surface area contributed by atoms with Crippen molar-refractivity contribution >= 4 is 11.8 Å². The van der Waals surface area contributed by atoms with Gasteiger partial charge in [-0.25, -0.2) is 4.98 Å². The van der Waals surface area contributed by atoms with Crippen molar-refractivity contribution in [1.82, 2.24) is 25.5 Å². The van der Waals surface area contributed by atoms with Crippen LogP contribution in [0.4, 0.5) is 0 Å². The Labute approximate surface area is 294 Å². The number of pyridine rings is 1. The second kappa shape index (κ2) is 18.1. The van der Waals surface area contributed by atoms with Gasteiger partial charge in [0, 0.05) is 54.4 Å². The Hall–Kier alpha value is -5.09. The van der Waals surface area contributed by atoms with E-state index in [0.717, 1.165) is 51.4 Å². The fraction of sp³-hybridized carbons (Fsp3) is 0.293. The second-order valence-corrected chi connectivity index (χ2v) is 12.7. The van der Waals surface area contributed by atoms with E-state index in [-0.39, 0.29) is 24.3 Å². The number of aliphatic hydroxyl groups excluding tert-OH is 1. The van der Waals surface area contributed by atoms with Gasteiger partial charge in [-0.3, -0.25) is 9.59 Å². The molecule has 0 saturated heterocycles. The van der Waals surface area contributed by atoms with Crippen molar-refractivity contribution in [3.8, 4) is 5.82 Å². The Morgan fingerprint density at radius 2 is 1.54 bits per heavy atom. The summed E-state index contributed by atoms with van der Waals surface area (Å²) in [6.45, 7) is 8.32. The van der Waals surface area contributed by atoms with Crippen LogP contribution in [0.2, 0.25) is 0 Å². The predicted molar refractivity (Wildman–Crippen MR) is 196 cm³/mol. The summed E-state index contributed by atoms with van der Waals surface area (Å²) in [7, 11) is 0. The predicted octanol–water partition coefficient (Wildman–Crippen LogP) is 5.55. The van der Waals surface area contributed by atoms with Gasteiger partial charge in [-0.2, -0.15) is 0 Å². The molecule has 50 heavy (non-hydrogen) atoms. The van der Waals surface area contributed by atoms with Crippen LogP contribution in [0.15, 0.2) is 109 Å². The van der Waals surface area contributed by atoms with Crippen LogP contribution in [0, 0.1) is 13.8 Å². The van der Waals surface area contributed by atoms with Crippen LogP contribution in [0.1, 0.15) is 62.6 Å². The van der Waals surface area contributed by atoms with Crippen LogP contribution >= 0.6 is 0 Å². The van der Waals surface area contributed by atoms with Crippen LogP contribution < -0.4 is 16.0 Å². The topological polar surface area (TPSA) is 118 Å². The number of aliphatic hydroxyl groups is 1. The minimum absolute atomic E-state index is 0.0736. The number of rotatable bonds is 17. The monoisotopic (exact) mass is 673 g/mol. The van der Waals surface area contributed by atoms with E-state index in [1.54, 1.807) is 18.3 Å². The van der Waals surface area contributed by atoms with Crippen LogP contribution in [-0.4, -0.2) is 52.2 Å². The molecule has 9 heteroatoms. The van der Waals surface area contributed by atoms with E-state index < -0.39 is 6.10 Å². The Morgan fingerprint density at radius 1 is 0.820 bits per heavy atom. The van der Waals surface area contributed by atoms with Crippen molar-refractivity contribution in [2.45, 2.75) is 58.9 Å². The van der Waals surface area contributed by atoms with E-state index in [2.05, 4.69) is 56.7 Å². The van der Waals surface area contributed by atoms with Gasteiger partial charge in [0.25, 0.3) is 5.91 Å². The Bertz CT molecular complexity index is 1800. The third kappa shape index (κ3) is 10.7. The first-order chi connectivity index (χ1) is 24.2. The van der Waals surface area contributed by atoms with Crippen LogP contribution in [0.25, 0.3) is 5.82 Å². The van der Waals surface area contributed by atoms with Gasteiger partial charge in [-0.1, -0.05) is 72.8 Å². The molecule has 260 valence electrons. The van der Waals surface area contributed by atoms with E-state index in [1.165, 1.54) is 0 Å². The Balaban J connectivity index is 0.998. The van der Waals surface area contributed by atoms with E-state index in [1.807, 2.05) is 80.6 Å². The molecule has 2 aromatic heterocycles. The summed E-state index contributed by atoms with van der Waals surface area (Å²) in [6, 6.07) is 33.3. The molecule has 5 aromatic rings. The molecule has 0 saturated carbocycles. The molecule has 0 bridgehead atoms. The highest BCUT2D eigenvalue weighted by Crippen LogP contribution is 2.18. The molecule has 3 aromatic carbocycles. The average molecular weight is 674 g/mol. The largest absolute Gasteiger partial charge is 0.387 e. The summed E-state index contributed by atoms with van der Waals surface area (Å²) in [6.07, 6.45) is 2.09.